The summed E-state index contributed by atoms with van der Waals surface area (Å²) in [6, 6.07) is 19.0. The van der Waals surface area contributed by atoms with Crippen LogP contribution in [-0.4, -0.2) is 38.8 Å². The Morgan fingerprint density at radius 3 is 2.44 bits per heavy atom. The molecule has 8 nitrogen and oxygen atoms in total. The van der Waals surface area contributed by atoms with E-state index < -0.39 is 6.36 Å². The Balaban J connectivity index is 1.18. The molecule has 43 heavy (non-hydrogen) atoms. The molecule has 12 heteroatoms. The Hall–Kier alpha value is -4.45. The molecule has 1 aromatic heterocycles. The normalized spacial score (nSPS) is 11.2. The average Bonchev–Trinajstić information content (AvgIpc) is 3.45. The minimum atomic E-state index is -4.74. The molecule has 2 amide bonds. The molecule has 0 aliphatic carbocycles. The van der Waals surface area contributed by atoms with Crippen molar-refractivity contribution in [2.45, 2.75) is 52.3 Å². The first-order chi connectivity index (χ1) is 20.6. The van der Waals surface area contributed by atoms with Gasteiger partial charge in [0.25, 0.3) is 0 Å². The van der Waals surface area contributed by atoms with Crippen LogP contribution < -0.4 is 20.7 Å². The van der Waals surface area contributed by atoms with E-state index in [1.165, 1.54) is 35.3 Å². The van der Waals surface area contributed by atoms with E-state index in [0.29, 0.717) is 18.1 Å². The highest BCUT2D eigenvalue weighted by atomic mass is 32.1. The molecule has 3 N–H and O–H groups in total. The number of rotatable bonds is 11. The Bertz CT molecular complexity index is 1520. The number of aromatic nitrogens is 3. The Kier molecular flexibility index (Phi) is 10.7. The van der Waals surface area contributed by atoms with Gasteiger partial charge in [-0.25, -0.2) is 14.5 Å². The molecule has 0 aliphatic heterocycles. The van der Waals surface area contributed by atoms with Gasteiger partial charge in [-0.05, 0) is 85.8 Å². The van der Waals surface area contributed by atoms with Crippen LogP contribution in [-0.2, 0) is 12.8 Å². The van der Waals surface area contributed by atoms with Gasteiger partial charge in [0.05, 0.1) is 5.69 Å². The molecule has 4 rings (SSSR count). The summed E-state index contributed by atoms with van der Waals surface area (Å²) in [5, 5.41) is 13.4. The lowest BCUT2D eigenvalue weighted by Gasteiger charge is -2.16. The number of aryl methyl sites for hydroxylation is 3. The van der Waals surface area contributed by atoms with Gasteiger partial charge in [0.2, 0.25) is 0 Å². The third-order valence-corrected chi connectivity index (χ3v) is 6.76. The summed E-state index contributed by atoms with van der Waals surface area (Å²) >= 11 is 5.34. The van der Waals surface area contributed by atoms with Crippen molar-refractivity contribution < 1.29 is 22.7 Å². The van der Waals surface area contributed by atoms with Crippen molar-refractivity contribution in [3.63, 3.8) is 0 Å². The zero-order chi connectivity index (χ0) is 30.8. The predicted molar refractivity (Wildman–Crippen MR) is 164 cm³/mol. The smallest absolute Gasteiger partial charge is 0.406 e. The van der Waals surface area contributed by atoms with Gasteiger partial charge in [-0.2, -0.15) is 0 Å². The van der Waals surface area contributed by atoms with Crippen molar-refractivity contribution in [1.29, 1.82) is 0 Å². The van der Waals surface area contributed by atoms with Crippen LogP contribution in [0.3, 0.4) is 0 Å². The summed E-state index contributed by atoms with van der Waals surface area (Å²) in [6.45, 7) is 4.65. The van der Waals surface area contributed by atoms with E-state index in [-0.39, 0.29) is 16.9 Å². The number of halogens is 3. The number of carbonyl (C=O) groups excluding carboxylic acids is 1. The molecule has 3 aromatic carbocycles. The van der Waals surface area contributed by atoms with E-state index in [2.05, 4.69) is 43.8 Å². The average molecular weight is 611 g/mol. The number of hydrogen-bond acceptors (Lipinski definition) is 5. The van der Waals surface area contributed by atoms with E-state index >= 15 is 0 Å². The van der Waals surface area contributed by atoms with E-state index in [1.54, 1.807) is 0 Å². The van der Waals surface area contributed by atoms with Crippen LogP contribution in [0.15, 0.2) is 73.1 Å². The lowest BCUT2D eigenvalue weighted by atomic mass is 10.0. The minimum Gasteiger partial charge on any atom is -0.406 e. The Labute approximate surface area is 253 Å². The zero-order valence-electron chi connectivity index (χ0n) is 23.9. The number of unbranched alkanes of at least 4 members (excludes halogenated alkanes) is 1. The van der Waals surface area contributed by atoms with Gasteiger partial charge in [0.15, 0.2) is 10.9 Å². The number of ether oxygens (including phenoxy) is 1. The number of benzene rings is 3. The van der Waals surface area contributed by atoms with Crippen molar-refractivity contribution in [2.24, 2.45) is 0 Å². The molecule has 0 fully saturated rings. The van der Waals surface area contributed by atoms with Crippen LogP contribution in [0.25, 0.3) is 17.1 Å². The van der Waals surface area contributed by atoms with Gasteiger partial charge in [0, 0.05) is 17.8 Å². The summed E-state index contributed by atoms with van der Waals surface area (Å²) < 4.78 is 42.5. The summed E-state index contributed by atoms with van der Waals surface area (Å²) in [5.41, 5.74) is 5.68. The minimum absolute atomic E-state index is 0.261. The van der Waals surface area contributed by atoms with Crippen molar-refractivity contribution >= 4 is 29.0 Å². The van der Waals surface area contributed by atoms with Gasteiger partial charge in [-0.15, -0.1) is 18.3 Å². The monoisotopic (exact) mass is 610 g/mol. The molecular weight excluding hydrogens is 577 g/mol. The number of anilines is 1. The molecule has 0 spiro atoms. The van der Waals surface area contributed by atoms with Crippen molar-refractivity contribution in [2.75, 3.05) is 11.9 Å². The molecule has 0 bridgehead atoms. The number of nitrogens with one attached hydrogen (secondary N) is 3. The van der Waals surface area contributed by atoms with E-state index in [9.17, 15) is 18.0 Å². The molecule has 0 saturated heterocycles. The van der Waals surface area contributed by atoms with Gasteiger partial charge < -0.3 is 15.4 Å². The second-order valence-corrected chi connectivity index (χ2v) is 10.3. The fourth-order valence-electron chi connectivity index (χ4n) is 4.47. The highest BCUT2D eigenvalue weighted by Gasteiger charge is 2.31. The molecule has 0 aliphatic rings. The summed E-state index contributed by atoms with van der Waals surface area (Å²) in [6.07, 6.45) is 1.22. The molecule has 0 unspecified atom stereocenters. The second-order valence-electron chi connectivity index (χ2n) is 9.90. The third-order valence-electron chi connectivity index (χ3n) is 6.56. The van der Waals surface area contributed by atoms with Crippen LogP contribution >= 0.6 is 12.2 Å². The summed E-state index contributed by atoms with van der Waals surface area (Å²) in [4.78, 5) is 16.6. The quantitative estimate of drug-likeness (QED) is 0.124. The van der Waals surface area contributed by atoms with Gasteiger partial charge in [0.1, 0.15) is 12.1 Å². The molecule has 4 aromatic rings. The topological polar surface area (TPSA) is 93.1 Å². The van der Waals surface area contributed by atoms with Crippen molar-refractivity contribution in [3.05, 3.63) is 89.7 Å². The molecular formula is C31H33F3N6O2S. The second kappa shape index (κ2) is 14.6. The van der Waals surface area contributed by atoms with Crippen LogP contribution in [0.1, 0.15) is 42.9 Å². The van der Waals surface area contributed by atoms with Crippen LogP contribution in [0, 0.1) is 6.92 Å². The number of amides is 2. The standard InChI is InChI=1S/C31H33F3N6O2S/c1-3-7-23-10-6-8-21(2)27(23)37-30(43)38-29(41)35-19-5-4-9-22-11-13-24(14-12-22)28-36-20-40(39-28)25-15-17-26(18-16-25)42-31(32,33)34/h6,8,10-18,20H,3-5,7,9,19H2,1-2H3,(H3,35,37,38,41,43). The van der Waals surface area contributed by atoms with Gasteiger partial charge >= 0.3 is 12.4 Å². The van der Waals surface area contributed by atoms with E-state index in [0.717, 1.165) is 60.0 Å². The highest BCUT2D eigenvalue weighted by Crippen LogP contribution is 2.24. The molecule has 0 saturated carbocycles. The summed E-state index contributed by atoms with van der Waals surface area (Å²) in [5.74, 6) is 0.191. The lowest BCUT2D eigenvalue weighted by Crippen LogP contribution is -2.42. The maximum absolute atomic E-state index is 12.4. The fraction of sp³-hybridized carbons (Fsp3) is 0.290. The number of alkyl halides is 3. The lowest BCUT2D eigenvalue weighted by molar-refractivity contribution is -0.274. The van der Waals surface area contributed by atoms with E-state index in [4.69, 9.17) is 12.2 Å². The van der Waals surface area contributed by atoms with Crippen molar-refractivity contribution in [3.8, 4) is 22.8 Å². The first-order valence-corrected chi connectivity index (χ1v) is 14.3. The van der Waals surface area contributed by atoms with Gasteiger partial charge in [-0.3, -0.25) is 5.32 Å². The SMILES string of the molecule is CCCc1cccc(C)c1NC(=S)NC(=O)NCCCCc1ccc(-c2ncn(-c3ccc(OC(F)(F)F)cc3)n2)cc1. The fourth-order valence-corrected chi connectivity index (χ4v) is 4.67. The number of hydrogen-bond donors (Lipinski definition) is 3. The molecule has 0 atom stereocenters. The largest absolute Gasteiger partial charge is 0.573 e. The third kappa shape index (κ3) is 9.53. The molecule has 226 valence electrons. The summed E-state index contributed by atoms with van der Waals surface area (Å²) in [7, 11) is 0. The van der Waals surface area contributed by atoms with Crippen LogP contribution in [0.5, 0.6) is 5.75 Å². The Morgan fingerprint density at radius 2 is 1.74 bits per heavy atom. The van der Waals surface area contributed by atoms with E-state index in [1.807, 2.05) is 43.3 Å². The number of para-hydroxylation sites is 1. The molecule has 1 heterocycles. The highest BCUT2D eigenvalue weighted by molar-refractivity contribution is 7.80. The number of urea groups is 1. The Morgan fingerprint density at radius 1 is 1.00 bits per heavy atom. The maximum atomic E-state index is 12.4. The first-order valence-electron chi connectivity index (χ1n) is 13.9. The number of carbonyl (C=O) groups is 1. The van der Waals surface area contributed by atoms with Crippen LogP contribution in [0.2, 0.25) is 0 Å². The molecule has 0 radical (unpaired) electrons. The zero-order valence-corrected chi connectivity index (χ0v) is 24.7. The maximum Gasteiger partial charge on any atom is 0.573 e. The number of thiocarbonyl (C=S) groups is 1. The van der Waals surface area contributed by atoms with Crippen LogP contribution in [0.4, 0.5) is 23.7 Å². The predicted octanol–water partition coefficient (Wildman–Crippen LogP) is 7.11. The van der Waals surface area contributed by atoms with Gasteiger partial charge in [-0.1, -0.05) is 55.8 Å². The number of nitrogens with zero attached hydrogens (tertiary/aromatic N) is 3. The first kappa shape index (κ1) is 31.5. The van der Waals surface area contributed by atoms with Crippen molar-refractivity contribution in [1.82, 2.24) is 25.4 Å².